The molecule has 1 aromatic carbocycles. The van der Waals surface area contributed by atoms with Gasteiger partial charge in [0.15, 0.2) is 0 Å². The minimum atomic E-state index is 0.290. The van der Waals surface area contributed by atoms with E-state index in [9.17, 15) is 0 Å². The summed E-state index contributed by atoms with van der Waals surface area (Å²) >= 11 is 0. The van der Waals surface area contributed by atoms with Crippen LogP contribution in [0.25, 0.3) is 0 Å². The molecule has 1 atom stereocenters. The zero-order chi connectivity index (χ0) is 14.1. The maximum atomic E-state index is 6.00. The van der Waals surface area contributed by atoms with Crippen molar-refractivity contribution in [1.29, 1.82) is 0 Å². The number of aryl methyl sites for hydroxylation is 2. The molecular weight excluding hydrogens is 248 g/mol. The van der Waals surface area contributed by atoms with Crippen LogP contribution in [-0.4, -0.2) is 9.97 Å². The highest BCUT2D eigenvalue weighted by Crippen LogP contribution is 2.30. The monoisotopic (exact) mass is 268 g/mol. The average Bonchev–Trinajstić information content (AvgIpc) is 2.42. The molecule has 2 aromatic rings. The Labute approximate surface area is 119 Å². The summed E-state index contributed by atoms with van der Waals surface area (Å²) in [5.41, 5.74) is 16.6. The van der Waals surface area contributed by atoms with Crippen LogP contribution in [0, 0.1) is 12.8 Å². The first-order chi connectivity index (χ1) is 9.63. The van der Waals surface area contributed by atoms with Crippen molar-refractivity contribution in [2.75, 3.05) is 11.5 Å². The summed E-state index contributed by atoms with van der Waals surface area (Å²) in [6.45, 7) is 2.17. The van der Waals surface area contributed by atoms with Crippen LogP contribution in [0.2, 0.25) is 0 Å². The molecule has 1 aliphatic carbocycles. The van der Waals surface area contributed by atoms with E-state index in [-0.39, 0.29) is 0 Å². The molecule has 0 radical (unpaired) electrons. The largest absolute Gasteiger partial charge is 0.383 e. The first-order valence-corrected chi connectivity index (χ1v) is 7.08. The molecule has 1 aliphatic rings. The lowest BCUT2D eigenvalue weighted by Crippen LogP contribution is -2.21. The maximum absolute atomic E-state index is 6.00. The quantitative estimate of drug-likeness (QED) is 0.876. The van der Waals surface area contributed by atoms with Crippen molar-refractivity contribution in [2.45, 2.75) is 32.6 Å². The summed E-state index contributed by atoms with van der Waals surface area (Å²) in [7, 11) is 0. The van der Waals surface area contributed by atoms with Crippen LogP contribution in [0.15, 0.2) is 24.3 Å². The third-order valence-electron chi connectivity index (χ3n) is 4.19. The van der Waals surface area contributed by atoms with Crippen LogP contribution in [0.4, 0.5) is 11.8 Å². The number of hydrogen-bond donors (Lipinski definition) is 2. The molecule has 4 nitrogen and oxygen atoms in total. The van der Waals surface area contributed by atoms with Gasteiger partial charge < -0.3 is 11.5 Å². The van der Waals surface area contributed by atoms with Crippen LogP contribution >= 0.6 is 0 Å². The number of aromatic nitrogens is 2. The minimum absolute atomic E-state index is 0.290. The van der Waals surface area contributed by atoms with Crippen molar-refractivity contribution in [1.82, 2.24) is 9.97 Å². The molecule has 1 aromatic heterocycles. The van der Waals surface area contributed by atoms with Gasteiger partial charge in [-0.25, -0.2) is 4.98 Å². The molecular formula is C16H20N4. The Bertz CT molecular complexity index is 636. The number of nitrogens with two attached hydrogens (primary N) is 2. The lowest BCUT2D eigenvalue weighted by atomic mass is 9.82. The van der Waals surface area contributed by atoms with Crippen LogP contribution in [0.1, 0.15) is 28.8 Å². The second-order valence-electron chi connectivity index (χ2n) is 5.63. The molecule has 0 saturated carbocycles. The van der Waals surface area contributed by atoms with E-state index in [1.165, 1.54) is 11.1 Å². The van der Waals surface area contributed by atoms with Gasteiger partial charge in [-0.2, -0.15) is 4.98 Å². The minimum Gasteiger partial charge on any atom is -0.383 e. The molecule has 0 saturated heterocycles. The molecule has 4 N–H and O–H groups in total. The molecule has 4 heteroatoms. The Morgan fingerprint density at radius 3 is 2.80 bits per heavy atom. The summed E-state index contributed by atoms with van der Waals surface area (Å²) in [6, 6.07) is 8.58. The van der Waals surface area contributed by atoms with Gasteiger partial charge in [-0.1, -0.05) is 24.3 Å². The number of rotatable bonds is 2. The van der Waals surface area contributed by atoms with Crippen LogP contribution < -0.4 is 11.5 Å². The summed E-state index contributed by atoms with van der Waals surface area (Å²) in [5, 5.41) is 0. The highest BCUT2D eigenvalue weighted by atomic mass is 15.0. The number of anilines is 2. The molecule has 20 heavy (non-hydrogen) atoms. The van der Waals surface area contributed by atoms with Gasteiger partial charge >= 0.3 is 0 Å². The fourth-order valence-electron chi connectivity index (χ4n) is 3.05. The molecule has 1 heterocycles. The highest BCUT2D eigenvalue weighted by Gasteiger charge is 2.23. The van der Waals surface area contributed by atoms with E-state index in [0.717, 1.165) is 36.9 Å². The first kappa shape index (κ1) is 12.9. The van der Waals surface area contributed by atoms with E-state index >= 15 is 0 Å². The van der Waals surface area contributed by atoms with Crippen LogP contribution in [0.3, 0.4) is 0 Å². The highest BCUT2D eigenvalue weighted by molar-refractivity contribution is 5.47. The summed E-state index contributed by atoms with van der Waals surface area (Å²) in [5.74, 6) is 1.46. The Morgan fingerprint density at radius 1 is 1.20 bits per heavy atom. The maximum Gasteiger partial charge on any atom is 0.222 e. The zero-order valence-corrected chi connectivity index (χ0v) is 11.8. The van der Waals surface area contributed by atoms with Crippen molar-refractivity contribution in [3.63, 3.8) is 0 Å². The van der Waals surface area contributed by atoms with Crippen molar-refractivity contribution in [3.05, 3.63) is 46.6 Å². The molecule has 0 amide bonds. The Kier molecular flexibility index (Phi) is 3.30. The second kappa shape index (κ2) is 5.12. The number of hydrogen-bond acceptors (Lipinski definition) is 4. The number of nitrogens with zero attached hydrogens (tertiary/aromatic N) is 2. The smallest absolute Gasteiger partial charge is 0.222 e. The normalized spacial score (nSPS) is 17.8. The standard InChI is InChI=1S/C16H20N4/c1-10-4-2-3-5-12(10)8-11-6-7-14-13(9-11)15(17)20-16(18)19-14/h2-5,11H,6-9H2,1H3,(H4,17,18,19,20)/t11-/m1/s1. The van der Waals surface area contributed by atoms with Crippen molar-refractivity contribution in [3.8, 4) is 0 Å². The summed E-state index contributed by atoms with van der Waals surface area (Å²) in [4.78, 5) is 8.41. The summed E-state index contributed by atoms with van der Waals surface area (Å²) < 4.78 is 0. The van der Waals surface area contributed by atoms with Gasteiger partial charge in [0.2, 0.25) is 5.95 Å². The van der Waals surface area contributed by atoms with E-state index in [1.54, 1.807) is 0 Å². The predicted octanol–water partition coefficient (Wildman–Crippen LogP) is 2.30. The lowest BCUT2D eigenvalue weighted by Gasteiger charge is -2.25. The Hall–Kier alpha value is -2.10. The van der Waals surface area contributed by atoms with Crippen molar-refractivity contribution >= 4 is 11.8 Å². The molecule has 0 unspecified atom stereocenters. The van der Waals surface area contributed by atoms with E-state index in [4.69, 9.17) is 11.5 Å². The Morgan fingerprint density at radius 2 is 2.00 bits per heavy atom. The number of benzene rings is 1. The van der Waals surface area contributed by atoms with Gasteiger partial charge in [-0.3, -0.25) is 0 Å². The molecule has 104 valence electrons. The zero-order valence-electron chi connectivity index (χ0n) is 11.8. The first-order valence-electron chi connectivity index (χ1n) is 7.08. The number of fused-ring (bicyclic) bond motifs is 1. The van der Waals surface area contributed by atoms with Gasteiger partial charge in [-0.15, -0.1) is 0 Å². The average molecular weight is 268 g/mol. The van der Waals surface area contributed by atoms with E-state index in [2.05, 4.69) is 41.2 Å². The Balaban J connectivity index is 1.81. The fraction of sp³-hybridized carbons (Fsp3) is 0.375. The molecule has 3 rings (SSSR count). The van der Waals surface area contributed by atoms with Crippen molar-refractivity contribution < 1.29 is 0 Å². The number of nitrogen functional groups attached to an aromatic ring is 2. The fourth-order valence-corrected chi connectivity index (χ4v) is 3.05. The van der Waals surface area contributed by atoms with Crippen molar-refractivity contribution in [2.24, 2.45) is 5.92 Å². The lowest BCUT2D eigenvalue weighted by molar-refractivity contribution is 0.450. The van der Waals surface area contributed by atoms with Gasteiger partial charge in [0.1, 0.15) is 5.82 Å². The molecule has 0 fully saturated rings. The van der Waals surface area contributed by atoms with E-state index in [0.29, 0.717) is 17.7 Å². The van der Waals surface area contributed by atoms with E-state index < -0.39 is 0 Å². The van der Waals surface area contributed by atoms with E-state index in [1.807, 2.05) is 0 Å². The summed E-state index contributed by atoms with van der Waals surface area (Å²) in [6.07, 6.45) is 4.13. The third kappa shape index (κ3) is 2.46. The topological polar surface area (TPSA) is 77.8 Å². The molecule has 0 aliphatic heterocycles. The van der Waals surface area contributed by atoms with Gasteiger partial charge in [0.05, 0.1) is 5.69 Å². The molecule has 0 bridgehead atoms. The molecule has 0 spiro atoms. The van der Waals surface area contributed by atoms with Gasteiger partial charge in [0, 0.05) is 5.56 Å². The van der Waals surface area contributed by atoms with Gasteiger partial charge in [-0.05, 0) is 49.7 Å². The van der Waals surface area contributed by atoms with Gasteiger partial charge in [0.25, 0.3) is 0 Å². The predicted molar refractivity (Wildman–Crippen MR) is 81.3 cm³/mol. The SMILES string of the molecule is Cc1ccccc1C[C@H]1CCc2nc(N)nc(N)c2C1. The van der Waals surface area contributed by atoms with Crippen LogP contribution in [0.5, 0.6) is 0 Å². The van der Waals surface area contributed by atoms with Crippen LogP contribution in [-0.2, 0) is 19.3 Å². The second-order valence-corrected chi connectivity index (χ2v) is 5.63. The third-order valence-corrected chi connectivity index (χ3v) is 4.19.